The average molecular weight is 1240 g/mol. The molecule has 13 aromatic rings. The fourth-order valence-electron chi connectivity index (χ4n) is 15.0. The molecule has 0 saturated heterocycles. The van der Waals surface area contributed by atoms with Crippen molar-refractivity contribution in [1.29, 1.82) is 0 Å². The van der Waals surface area contributed by atoms with Crippen molar-refractivity contribution in [2.75, 3.05) is 9.80 Å². The Bertz CT molecular complexity index is 4450. The molecule has 0 bridgehead atoms. The first-order chi connectivity index (χ1) is 44.6. The smallest absolute Gasteiger partial charge is 0.179 e. The van der Waals surface area contributed by atoms with Gasteiger partial charge in [0.1, 0.15) is 0 Å². The second-order valence-electron chi connectivity index (χ2n) is 29.8. The summed E-state index contributed by atoms with van der Waals surface area (Å²) in [5, 5.41) is 13.8. The van der Waals surface area contributed by atoms with Crippen LogP contribution in [0.4, 0.5) is 34.1 Å². The summed E-state index contributed by atoms with van der Waals surface area (Å²) < 4.78 is 2.52. The first-order valence-electron chi connectivity index (χ1n) is 33.2. The third-order valence-corrected chi connectivity index (χ3v) is 30.1. The number of anilines is 6. The fraction of sp³-hybridized carbons (Fsp3) is 0.182. The third kappa shape index (κ3) is 10.6. The van der Waals surface area contributed by atoms with Gasteiger partial charge in [0.05, 0.1) is 11.0 Å². The number of benzene rings is 12. The lowest BCUT2D eigenvalue weighted by Gasteiger charge is -2.48. The van der Waals surface area contributed by atoms with Crippen molar-refractivity contribution in [3.05, 3.63) is 320 Å². The van der Waals surface area contributed by atoms with Crippen molar-refractivity contribution >= 4 is 114 Å². The van der Waals surface area contributed by atoms with Crippen LogP contribution in [0.15, 0.2) is 297 Å². The molecule has 12 aromatic carbocycles. The molecule has 0 radical (unpaired) electrons. The van der Waals surface area contributed by atoms with E-state index in [1.165, 1.54) is 74.5 Å². The maximum atomic E-state index is 2.52. The second-order valence-corrected chi connectivity index (χ2v) is 37.3. The molecule has 93 heavy (non-hydrogen) atoms. The fourth-order valence-corrected chi connectivity index (χ4v) is 27.0. The Balaban J connectivity index is 1.00. The Hall–Kier alpha value is -9.53. The highest BCUT2D eigenvalue weighted by Crippen LogP contribution is 2.44. The Morgan fingerprint density at radius 1 is 0.237 bits per heavy atom. The van der Waals surface area contributed by atoms with Crippen molar-refractivity contribution in [2.24, 2.45) is 0 Å². The summed E-state index contributed by atoms with van der Waals surface area (Å²) in [6, 6.07) is 115. The zero-order valence-electron chi connectivity index (χ0n) is 56.1. The number of nitrogens with zero attached hydrogens (tertiary/aromatic N) is 3. The largest absolute Gasteiger partial charge is 0.310 e. The standard InChI is InChI=1S/C88H85N3Si2/c1-85(2,3)62-36-44-66(45-37-62)89(67-46-38-63(39-47-67)86(4,5)6)71-54-58-79-77(60-71)78-61-72(90(68-48-40-64(41-49-68)87(7,8)9)69-50-42-65(43-51-69)88(10,11)12)55-59-80(78)91(79)70-52-56-76(57-53-70)93(75-30-20-15-21-31-75)83-34-24-22-32-81(83)92(73-26-16-13-17-27-73,74-28-18-14-19-29-74)82-33-23-25-35-84(82)93/h13-61H,1-12H3. The average Bonchev–Trinajstić information content (AvgIpc) is 1.14. The molecule has 1 aromatic heterocycles. The van der Waals surface area contributed by atoms with Gasteiger partial charge in [0.25, 0.3) is 0 Å². The van der Waals surface area contributed by atoms with Gasteiger partial charge in [0.2, 0.25) is 0 Å². The molecule has 5 heteroatoms. The molecule has 0 atom stereocenters. The molecule has 0 amide bonds. The molecule has 0 spiro atoms. The first kappa shape index (κ1) is 61.0. The highest BCUT2D eigenvalue weighted by molar-refractivity contribution is 7.32. The molecule has 460 valence electrons. The van der Waals surface area contributed by atoms with Crippen molar-refractivity contribution in [3.8, 4) is 5.69 Å². The summed E-state index contributed by atoms with van der Waals surface area (Å²) in [6.07, 6.45) is 0. The van der Waals surface area contributed by atoms with Crippen LogP contribution >= 0.6 is 0 Å². The highest BCUT2D eigenvalue weighted by Gasteiger charge is 2.56. The van der Waals surface area contributed by atoms with Crippen molar-refractivity contribution < 1.29 is 0 Å². The van der Waals surface area contributed by atoms with Gasteiger partial charge >= 0.3 is 0 Å². The van der Waals surface area contributed by atoms with Crippen LogP contribution in [0.25, 0.3) is 27.5 Å². The van der Waals surface area contributed by atoms with Crippen molar-refractivity contribution in [1.82, 2.24) is 4.57 Å². The van der Waals surface area contributed by atoms with Crippen molar-refractivity contribution in [2.45, 2.75) is 105 Å². The lowest BCUT2D eigenvalue weighted by atomic mass is 9.86. The zero-order chi connectivity index (χ0) is 64.7. The lowest BCUT2D eigenvalue weighted by Crippen LogP contribution is -2.93. The Morgan fingerprint density at radius 3 is 0.731 bits per heavy atom. The molecule has 0 fully saturated rings. The number of hydrogen-bond donors (Lipinski definition) is 0. The second kappa shape index (κ2) is 23.2. The predicted octanol–water partition coefficient (Wildman–Crippen LogP) is 18.0. The molecule has 0 N–H and O–H groups in total. The summed E-state index contributed by atoms with van der Waals surface area (Å²) in [7, 11) is -5.93. The number of fused-ring (bicyclic) bond motifs is 5. The topological polar surface area (TPSA) is 11.4 Å². The van der Waals surface area contributed by atoms with Crippen LogP contribution in [-0.4, -0.2) is 20.7 Å². The van der Waals surface area contributed by atoms with Crippen LogP contribution in [0.5, 0.6) is 0 Å². The SMILES string of the molecule is CC(C)(C)c1ccc(N(c2ccc(C(C)(C)C)cc2)c2ccc3c(c2)c2cc(N(c4ccc(C(C)(C)C)cc4)c4ccc(C(C)(C)C)cc4)ccc2n3-c2ccc([Si]3(c4ccccc4)c4ccccc4[Si](c4ccccc4)(c4ccccc4)c4ccccc43)cc2)cc1. The molecular formula is C88H85N3Si2. The van der Waals surface area contributed by atoms with E-state index in [2.05, 4.69) is 395 Å². The molecule has 0 unspecified atom stereocenters. The molecule has 1 aliphatic rings. The number of hydrogen-bond acceptors (Lipinski definition) is 2. The van der Waals surface area contributed by atoms with Gasteiger partial charge < -0.3 is 14.4 Å². The van der Waals surface area contributed by atoms with Gasteiger partial charge in [-0.05, 0) is 182 Å². The molecular weight excluding hydrogens is 1160 g/mol. The molecule has 0 aliphatic carbocycles. The van der Waals surface area contributed by atoms with E-state index < -0.39 is 16.1 Å². The van der Waals surface area contributed by atoms with E-state index in [0.29, 0.717) is 0 Å². The Kier molecular flexibility index (Phi) is 15.2. The van der Waals surface area contributed by atoms with Gasteiger partial charge in [-0.2, -0.15) is 0 Å². The van der Waals surface area contributed by atoms with Crippen LogP contribution < -0.4 is 51.3 Å². The van der Waals surface area contributed by atoms with E-state index >= 15 is 0 Å². The van der Waals surface area contributed by atoms with Crippen molar-refractivity contribution in [3.63, 3.8) is 0 Å². The van der Waals surface area contributed by atoms with Gasteiger partial charge in [-0.25, -0.2) is 0 Å². The minimum absolute atomic E-state index is 0.0133. The maximum absolute atomic E-state index is 3.06. The van der Waals surface area contributed by atoms with E-state index in [1.807, 2.05) is 0 Å². The number of aromatic nitrogens is 1. The highest BCUT2D eigenvalue weighted by atomic mass is 28.3. The monoisotopic (exact) mass is 1240 g/mol. The maximum Gasteiger partial charge on any atom is 0.179 e. The van der Waals surface area contributed by atoms with Gasteiger partial charge in [-0.15, -0.1) is 0 Å². The molecule has 14 rings (SSSR count). The van der Waals surface area contributed by atoms with E-state index in [9.17, 15) is 0 Å². The molecule has 2 heterocycles. The van der Waals surface area contributed by atoms with E-state index in [-0.39, 0.29) is 21.7 Å². The van der Waals surface area contributed by atoms with Crippen LogP contribution in [-0.2, 0) is 21.7 Å². The quantitative estimate of drug-likeness (QED) is 0.120. The predicted molar refractivity (Wildman–Crippen MR) is 406 cm³/mol. The van der Waals surface area contributed by atoms with E-state index in [1.54, 1.807) is 0 Å². The first-order valence-corrected chi connectivity index (χ1v) is 37.2. The Morgan fingerprint density at radius 2 is 0.473 bits per heavy atom. The van der Waals surface area contributed by atoms with Gasteiger partial charge in [-0.3, -0.25) is 0 Å². The van der Waals surface area contributed by atoms with Gasteiger partial charge in [0, 0.05) is 50.6 Å². The van der Waals surface area contributed by atoms with Gasteiger partial charge in [0.15, 0.2) is 16.1 Å². The summed E-state index contributed by atoms with van der Waals surface area (Å²) in [4.78, 5) is 4.89. The van der Waals surface area contributed by atoms with Crippen LogP contribution in [0, 0.1) is 0 Å². The molecule has 1 aliphatic heterocycles. The minimum Gasteiger partial charge on any atom is -0.310 e. The summed E-state index contributed by atoms with van der Waals surface area (Å²) in [5.74, 6) is 0. The molecule has 0 saturated carbocycles. The van der Waals surface area contributed by atoms with Crippen LogP contribution in [0.1, 0.15) is 105 Å². The normalized spacial score (nSPS) is 13.8. The van der Waals surface area contributed by atoms with Crippen LogP contribution in [0.3, 0.4) is 0 Å². The Labute approximate surface area is 554 Å². The van der Waals surface area contributed by atoms with E-state index in [0.717, 1.165) is 50.8 Å². The number of rotatable bonds is 11. The van der Waals surface area contributed by atoms with Gasteiger partial charge in [-0.1, -0.05) is 283 Å². The summed E-state index contributed by atoms with van der Waals surface area (Å²) in [6.45, 7) is 27.5. The molecule has 3 nitrogen and oxygen atoms in total. The minimum atomic E-state index is -3.06. The third-order valence-electron chi connectivity index (χ3n) is 19.9. The summed E-state index contributed by atoms with van der Waals surface area (Å²) in [5.41, 5.74) is 15.3. The van der Waals surface area contributed by atoms with E-state index in [4.69, 9.17) is 0 Å². The van der Waals surface area contributed by atoms with Crippen LogP contribution in [0.2, 0.25) is 0 Å². The summed E-state index contributed by atoms with van der Waals surface area (Å²) >= 11 is 0. The zero-order valence-corrected chi connectivity index (χ0v) is 58.1. The lowest BCUT2D eigenvalue weighted by molar-refractivity contribution is 0.590.